The van der Waals surface area contributed by atoms with Gasteiger partial charge < -0.3 is 20.1 Å². The normalized spacial score (nSPS) is 15.5. The first-order valence-electron chi connectivity index (χ1n) is 11.2. The third-order valence-corrected chi connectivity index (χ3v) is 5.75. The van der Waals surface area contributed by atoms with E-state index in [-0.39, 0.29) is 5.69 Å². The van der Waals surface area contributed by atoms with Crippen LogP contribution in [0, 0.1) is 5.82 Å². The molecule has 0 unspecified atom stereocenters. The summed E-state index contributed by atoms with van der Waals surface area (Å²) in [5.41, 5.74) is -1.23. The maximum absolute atomic E-state index is 15.0. The SMILES string of the molecule is CC(C)(C)OC(=O)N1CCC(Nc2cccc(C(=O)O)c2F)(c2nc(-c3ccncc3)n[nH]2)CC1. The van der Waals surface area contributed by atoms with E-state index in [0.29, 0.717) is 37.6 Å². The number of rotatable bonds is 5. The molecule has 3 aromatic rings. The lowest BCUT2D eigenvalue weighted by atomic mass is 9.86. The summed E-state index contributed by atoms with van der Waals surface area (Å²) in [6, 6.07) is 7.70. The maximum atomic E-state index is 15.0. The van der Waals surface area contributed by atoms with Crippen molar-refractivity contribution in [1.29, 1.82) is 0 Å². The molecule has 0 bridgehead atoms. The number of aromatic amines is 1. The Balaban J connectivity index is 1.66. The average Bonchev–Trinajstić information content (AvgIpc) is 3.31. The molecule has 0 saturated carbocycles. The van der Waals surface area contributed by atoms with Crippen molar-refractivity contribution in [1.82, 2.24) is 25.1 Å². The van der Waals surface area contributed by atoms with E-state index in [1.807, 2.05) is 0 Å². The highest BCUT2D eigenvalue weighted by molar-refractivity contribution is 5.89. The molecule has 1 aromatic carbocycles. The molecule has 1 aliphatic heterocycles. The largest absolute Gasteiger partial charge is 0.478 e. The molecule has 11 heteroatoms. The van der Waals surface area contributed by atoms with Crippen LogP contribution in [0.2, 0.25) is 0 Å². The van der Waals surface area contributed by atoms with Crippen LogP contribution in [0.4, 0.5) is 14.9 Å². The van der Waals surface area contributed by atoms with Gasteiger partial charge in [-0.3, -0.25) is 10.1 Å². The maximum Gasteiger partial charge on any atom is 0.410 e. The summed E-state index contributed by atoms with van der Waals surface area (Å²) < 4.78 is 20.5. The smallest absolute Gasteiger partial charge is 0.410 e. The third kappa shape index (κ3) is 5.23. The predicted molar refractivity (Wildman–Crippen MR) is 125 cm³/mol. The Bertz CT molecular complexity index is 1220. The minimum Gasteiger partial charge on any atom is -0.478 e. The van der Waals surface area contributed by atoms with Gasteiger partial charge in [-0.05, 0) is 57.9 Å². The summed E-state index contributed by atoms with van der Waals surface area (Å²) in [5.74, 6) is -1.34. The number of aromatic carboxylic acids is 1. The van der Waals surface area contributed by atoms with E-state index in [9.17, 15) is 14.7 Å². The molecule has 1 saturated heterocycles. The Labute approximate surface area is 201 Å². The van der Waals surface area contributed by atoms with Gasteiger partial charge in [-0.2, -0.15) is 5.10 Å². The number of anilines is 1. The van der Waals surface area contributed by atoms with Crippen LogP contribution in [0.3, 0.4) is 0 Å². The molecule has 184 valence electrons. The number of carboxylic acids is 1. The van der Waals surface area contributed by atoms with Crippen molar-refractivity contribution in [3.8, 4) is 11.4 Å². The van der Waals surface area contributed by atoms with Crippen LogP contribution in [0.25, 0.3) is 11.4 Å². The fourth-order valence-electron chi connectivity index (χ4n) is 3.98. The van der Waals surface area contributed by atoms with Gasteiger partial charge >= 0.3 is 12.1 Å². The monoisotopic (exact) mass is 482 g/mol. The van der Waals surface area contributed by atoms with Gasteiger partial charge in [0.25, 0.3) is 0 Å². The van der Waals surface area contributed by atoms with E-state index in [4.69, 9.17) is 4.74 Å². The lowest BCUT2D eigenvalue weighted by molar-refractivity contribution is 0.0171. The fraction of sp³-hybridized carbons (Fsp3) is 0.375. The van der Waals surface area contributed by atoms with Crippen molar-refractivity contribution in [2.75, 3.05) is 18.4 Å². The van der Waals surface area contributed by atoms with E-state index in [0.717, 1.165) is 5.56 Å². The molecule has 3 N–H and O–H groups in total. The highest BCUT2D eigenvalue weighted by Crippen LogP contribution is 2.37. The number of benzene rings is 1. The Hall–Kier alpha value is -4.02. The van der Waals surface area contributed by atoms with Gasteiger partial charge in [0.1, 0.15) is 11.1 Å². The molecule has 3 heterocycles. The highest BCUT2D eigenvalue weighted by Gasteiger charge is 2.42. The molecule has 0 atom stereocenters. The lowest BCUT2D eigenvalue weighted by Gasteiger charge is -2.41. The number of pyridine rings is 1. The third-order valence-electron chi connectivity index (χ3n) is 5.75. The van der Waals surface area contributed by atoms with Gasteiger partial charge in [-0.15, -0.1) is 0 Å². The van der Waals surface area contributed by atoms with Crippen LogP contribution in [0.1, 0.15) is 49.8 Å². The van der Waals surface area contributed by atoms with Crippen LogP contribution in [0.5, 0.6) is 0 Å². The molecule has 0 spiro atoms. The van der Waals surface area contributed by atoms with Gasteiger partial charge in [0, 0.05) is 31.0 Å². The van der Waals surface area contributed by atoms with Gasteiger partial charge in [0.05, 0.1) is 11.3 Å². The Kier molecular flexibility index (Phi) is 6.42. The van der Waals surface area contributed by atoms with E-state index in [1.165, 1.54) is 18.2 Å². The average molecular weight is 483 g/mol. The number of hydrogen-bond donors (Lipinski definition) is 3. The number of nitrogens with one attached hydrogen (secondary N) is 2. The zero-order chi connectivity index (χ0) is 25.2. The molecule has 10 nitrogen and oxygen atoms in total. The quantitative estimate of drug-likeness (QED) is 0.496. The summed E-state index contributed by atoms with van der Waals surface area (Å²) in [6.07, 6.45) is 3.54. The number of nitrogens with zero attached hydrogens (tertiary/aromatic N) is 4. The first-order chi connectivity index (χ1) is 16.6. The van der Waals surface area contributed by atoms with Crippen molar-refractivity contribution < 1.29 is 23.8 Å². The second-order valence-corrected chi connectivity index (χ2v) is 9.39. The number of piperidine rings is 1. The standard InChI is InChI=1S/C24H27FN6O4/c1-23(2,3)35-22(34)31-13-9-24(10-14-31,28-17-6-4-5-16(18(17)25)20(32)33)21-27-19(29-30-21)15-7-11-26-12-8-15/h4-8,11-12,28H,9-10,13-14H2,1-3H3,(H,32,33)(H,27,29,30). The van der Waals surface area contributed by atoms with E-state index in [1.54, 1.807) is 50.2 Å². The number of amides is 1. The van der Waals surface area contributed by atoms with E-state index in [2.05, 4.69) is 25.5 Å². The van der Waals surface area contributed by atoms with E-state index >= 15 is 4.39 Å². The molecular weight excluding hydrogens is 455 g/mol. The Morgan fingerprint density at radius 3 is 2.49 bits per heavy atom. The summed E-state index contributed by atoms with van der Waals surface area (Å²) >= 11 is 0. The Morgan fingerprint density at radius 1 is 1.17 bits per heavy atom. The number of aromatic nitrogens is 4. The highest BCUT2D eigenvalue weighted by atomic mass is 19.1. The van der Waals surface area contributed by atoms with Crippen molar-refractivity contribution in [3.05, 3.63) is 59.9 Å². The lowest BCUT2D eigenvalue weighted by Crippen LogP contribution is -2.50. The zero-order valence-corrected chi connectivity index (χ0v) is 19.7. The van der Waals surface area contributed by atoms with Crippen molar-refractivity contribution in [2.45, 2.75) is 44.8 Å². The molecule has 1 fully saturated rings. The number of likely N-dealkylation sites (tertiary alicyclic amines) is 1. The van der Waals surface area contributed by atoms with Crippen LogP contribution < -0.4 is 5.32 Å². The molecule has 2 aromatic heterocycles. The topological polar surface area (TPSA) is 133 Å². The molecule has 1 amide bonds. The predicted octanol–water partition coefficient (Wildman–Crippen LogP) is 4.04. The first kappa shape index (κ1) is 24.1. The molecule has 1 aliphatic rings. The van der Waals surface area contributed by atoms with Gasteiger partial charge in [0.15, 0.2) is 17.5 Å². The number of carboxylic acid groups (broad SMARTS) is 1. The molecule has 0 aliphatic carbocycles. The summed E-state index contributed by atoms with van der Waals surface area (Å²) in [7, 11) is 0. The number of halogens is 1. The van der Waals surface area contributed by atoms with Gasteiger partial charge in [-0.1, -0.05) is 6.07 Å². The van der Waals surface area contributed by atoms with Crippen molar-refractivity contribution >= 4 is 17.7 Å². The van der Waals surface area contributed by atoms with E-state index < -0.39 is 34.6 Å². The zero-order valence-electron chi connectivity index (χ0n) is 19.7. The molecular formula is C24H27FN6O4. The van der Waals surface area contributed by atoms with Gasteiger partial charge in [0.2, 0.25) is 0 Å². The van der Waals surface area contributed by atoms with Crippen LogP contribution >= 0.6 is 0 Å². The van der Waals surface area contributed by atoms with Crippen LogP contribution in [0.15, 0.2) is 42.7 Å². The second-order valence-electron chi connectivity index (χ2n) is 9.39. The number of carbonyl (C=O) groups is 2. The number of H-pyrrole nitrogens is 1. The minimum absolute atomic E-state index is 0.0254. The second kappa shape index (κ2) is 9.32. The number of carbonyl (C=O) groups excluding carboxylic acids is 1. The summed E-state index contributed by atoms with van der Waals surface area (Å²) in [4.78, 5) is 34.3. The summed E-state index contributed by atoms with van der Waals surface area (Å²) in [5, 5.41) is 19.8. The van der Waals surface area contributed by atoms with Gasteiger partial charge in [-0.25, -0.2) is 19.0 Å². The van der Waals surface area contributed by atoms with Crippen LogP contribution in [-0.2, 0) is 10.3 Å². The van der Waals surface area contributed by atoms with Crippen molar-refractivity contribution in [3.63, 3.8) is 0 Å². The minimum atomic E-state index is -1.36. The number of ether oxygens (including phenoxy) is 1. The van der Waals surface area contributed by atoms with Crippen LogP contribution in [-0.4, -0.2) is 60.9 Å². The summed E-state index contributed by atoms with van der Waals surface area (Å²) in [6.45, 7) is 6.02. The fourth-order valence-corrected chi connectivity index (χ4v) is 3.98. The molecule has 35 heavy (non-hydrogen) atoms. The Morgan fingerprint density at radius 2 is 1.86 bits per heavy atom. The molecule has 0 radical (unpaired) electrons. The van der Waals surface area contributed by atoms with Crippen molar-refractivity contribution in [2.24, 2.45) is 0 Å². The first-order valence-corrected chi connectivity index (χ1v) is 11.2. The number of hydrogen-bond acceptors (Lipinski definition) is 7. The molecule has 4 rings (SSSR count).